The highest BCUT2D eigenvalue weighted by atomic mass is 16.6. The number of esters is 1. The van der Waals surface area contributed by atoms with Crippen molar-refractivity contribution in [2.24, 2.45) is 23.2 Å². The van der Waals surface area contributed by atoms with E-state index in [4.69, 9.17) is 9.47 Å². The lowest BCUT2D eigenvalue weighted by molar-refractivity contribution is -0.240. The van der Waals surface area contributed by atoms with Crippen LogP contribution in [0.1, 0.15) is 110 Å². The number of rotatable bonds is 16. The molecule has 5 nitrogen and oxygen atoms in total. The molecule has 3 unspecified atom stereocenters. The highest BCUT2D eigenvalue weighted by Gasteiger charge is 2.76. The SMILES string of the molecule is C=C1CC[C@@]2(O)C3CC4C=CC(OC(=O)CCCCCCC/C=C\C/C=C\C/C=C\CC)=C5O[C@@H]1[C@]2(CCN3CC1CC1)C54. The van der Waals surface area contributed by atoms with Crippen LogP contribution < -0.4 is 0 Å². The lowest BCUT2D eigenvalue weighted by Crippen LogP contribution is -2.75. The highest BCUT2D eigenvalue weighted by Crippen LogP contribution is 2.70. The second-order valence-corrected chi connectivity index (χ2v) is 14.4. The molecule has 0 aromatic heterocycles. The molecule has 0 radical (unpaired) electrons. The smallest absolute Gasteiger partial charge is 0.311 e. The first-order chi connectivity index (χ1) is 21.5. The monoisotopic (exact) mass is 601 g/mol. The fourth-order valence-electron chi connectivity index (χ4n) is 9.13. The van der Waals surface area contributed by atoms with Crippen molar-refractivity contribution in [3.63, 3.8) is 0 Å². The molecule has 0 aromatic rings. The Kier molecular flexibility index (Phi) is 10.0. The van der Waals surface area contributed by atoms with E-state index in [1.165, 1.54) is 25.7 Å². The van der Waals surface area contributed by atoms with Crippen LogP contribution in [0, 0.1) is 23.2 Å². The number of hydrogen-bond acceptors (Lipinski definition) is 5. The topological polar surface area (TPSA) is 59.0 Å². The first kappa shape index (κ1) is 31.6. The predicted octanol–water partition coefficient (Wildman–Crippen LogP) is 8.49. The molecule has 2 saturated heterocycles. The number of allylic oxidation sites excluding steroid dienone is 9. The van der Waals surface area contributed by atoms with E-state index in [1.54, 1.807) is 0 Å². The number of carbonyl (C=O) groups is 1. The van der Waals surface area contributed by atoms with E-state index in [1.807, 2.05) is 6.08 Å². The van der Waals surface area contributed by atoms with E-state index in [2.05, 4.69) is 60.9 Å². The van der Waals surface area contributed by atoms with Gasteiger partial charge >= 0.3 is 5.97 Å². The Labute approximate surface area is 265 Å². The Balaban J connectivity index is 0.973. The maximum absolute atomic E-state index is 13.0. The van der Waals surface area contributed by atoms with Crippen LogP contribution in [0.15, 0.2) is 72.3 Å². The minimum Gasteiger partial charge on any atom is -0.485 e. The van der Waals surface area contributed by atoms with Gasteiger partial charge in [-0.15, -0.1) is 0 Å². The van der Waals surface area contributed by atoms with Gasteiger partial charge in [0.1, 0.15) is 11.9 Å². The van der Waals surface area contributed by atoms with Crippen molar-refractivity contribution < 1.29 is 19.4 Å². The summed E-state index contributed by atoms with van der Waals surface area (Å²) >= 11 is 0. The van der Waals surface area contributed by atoms with Crippen LogP contribution >= 0.6 is 0 Å². The molecule has 2 aliphatic heterocycles. The molecule has 0 aromatic carbocycles. The average Bonchev–Trinajstić information content (AvgIpc) is 3.76. The van der Waals surface area contributed by atoms with Crippen LogP contribution in [-0.4, -0.2) is 46.8 Å². The molecule has 240 valence electrons. The molecule has 6 aliphatic rings. The number of likely N-dealkylation sites (tertiary alicyclic amines) is 1. The molecule has 1 spiro atoms. The van der Waals surface area contributed by atoms with E-state index in [0.29, 0.717) is 18.1 Å². The maximum atomic E-state index is 13.0. The summed E-state index contributed by atoms with van der Waals surface area (Å²) in [4.78, 5) is 15.6. The minimum atomic E-state index is -0.784. The predicted molar refractivity (Wildman–Crippen MR) is 176 cm³/mol. The van der Waals surface area contributed by atoms with Crippen LogP contribution in [0.25, 0.3) is 0 Å². The van der Waals surface area contributed by atoms with Crippen LogP contribution in [0.5, 0.6) is 0 Å². The molecule has 6 atom stereocenters. The molecular weight excluding hydrogens is 546 g/mol. The number of hydrogen-bond donors (Lipinski definition) is 1. The van der Waals surface area contributed by atoms with Crippen LogP contribution in [0.4, 0.5) is 0 Å². The van der Waals surface area contributed by atoms with Crippen molar-refractivity contribution in [3.05, 3.63) is 72.3 Å². The van der Waals surface area contributed by atoms with Gasteiger partial charge in [-0.2, -0.15) is 0 Å². The average molecular weight is 602 g/mol. The molecule has 6 rings (SSSR count). The third-order valence-electron chi connectivity index (χ3n) is 11.5. The van der Waals surface area contributed by atoms with Crippen molar-refractivity contribution in [2.45, 2.75) is 127 Å². The molecule has 1 N–H and O–H groups in total. The van der Waals surface area contributed by atoms with Gasteiger partial charge in [0.25, 0.3) is 0 Å². The fraction of sp³-hybridized carbons (Fsp3) is 0.667. The number of carbonyl (C=O) groups excluding carboxylic acids is 1. The largest absolute Gasteiger partial charge is 0.485 e. The molecule has 2 heterocycles. The number of ether oxygens (including phenoxy) is 2. The normalized spacial score (nSPS) is 34.4. The zero-order valence-corrected chi connectivity index (χ0v) is 27.1. The second-order valence-electron chi connectivity index (χ2n) is 14.4. The number of nitrogens with zero attached hydrogens (tertiary/aromatic N) is 1. The first-order valence-electron chi connectivity index (χ1n) is 17.9. The number of piperidine rings is 1. The molecule has 3 saturated carbocycles. The Hall–Kier alpha value is -2.37. The number of unbranched alkanes of at least 4 members (excludes halogenated alkanes) is 5. The third-order valence-corrected chi connectivity index (χ3v) is 11.5. The van der Waals surface area contributed by atoms with Crippen LogP contribution in [0.2, 0.25) is 0 Å². The highest BCUT2D eigenvalue weighted by molar-refractivity contribution is 5.71. The fourth-order valence-corrected chi connectivity index (χ4v) is 9.13. The summed E-state index contributed by atoms with van der Waals surface area (Å²) in [6, 6.07) is 0.168. The van der Waals surface area contributed by atoms with Crippen LogP contribution in [0.3, 0.4) is 0 Å². The van der Waals surface area contributed by atoms with Crippen molar-refractivity contribution in [3.8, 4) is 0 Å². The first-order valence-corrected chi connectivity index (χ1v) is 17.9. The van der Waals surface area contributed by atoms with Crippen molar-refractivity contribution >= 4 is 5.97 Å². The summed E-state index contributed by atoms with van der Waals surface area (Å²) in [6.45, 7) is 8.72. The van der Waals surface area contributed by atoms with E-state index in [0.717, 1.165) is 101 Å². The third kappa shape index (κ3) is 6.20. The maximum Gasteiger partial charge on any atom is 0.311 e. The molecule has 5 heteroatoms. The van der Waals surface area contributed by atoms with Crippen molar-refractivity contribution in [1.82, 2.24) is 4.90 Å². The van der Waals surface area contributed by atoms with Crippen LogP contribution in [-0.2, 0) is 14.3 Å². The molecule has 2 bridgehead atoms. The van der Waals surface area contributed by atoms with Gasteiger partial charge in [0.2, 0.25) is 0 Å². The quantitative estimate of drug-likeness (QED) is 0.109. The van der Waals surface area contributed by atoms with Gasteiger partial charge in [-0.25, -0.2) is 0 Å². The Morgan fingerprint density at radius 3 is 2.61 bits per heavy atom. The Bertz CT molecular complexity index is 1210. The zero-order chi connectivity index (χ0) is 30.6. The van der Waals surface area contributed by atoms with E-state index in [-0.39, 0.29) is 29.4 Å². The molecule has 5 fully saturated rings. The van der Waals surface area contributed by atoms with E-state index < -0.39 is 5.60 Å². The van der Waals surface area contributed by atoms with Gasteiger partial charge in [0.15, 0.2) is 5.76 Å². The van der Waals surface area contributed by atoms with E-state index in [9.17, 15) is 9.90 Å². The molecule has 0 amide bonds. The summed E-state index contributed by atoms with van der Waals surface area (Å²) in [5.41, 5.74) is -0.0563. The number of aliphatic hydroxyl groups is 1. The standard InChI is InChI=1S/C39H55NO4/c1-3-4-5-6-7-8-9-10-11-12-13-14-15-16-17-18-34(41)43-32-22-21-31-27-33-39(42)24-23-29(2)37-38(39,35(31)36(32)44-37)25-26-40(33)28-30-19-20-30/h4-5,7-8,10-11,21-22,30-31,33,35,37,42H,2-3,6,9,12-20,23-28H2,1H3/b5-4-,8-7-,11-10-/t31?,33?,35?,37-,38-,39+/m0/s1. The molecule has 44 heavy (non-hydrogen) atoms. The van der Waals surface area contributed by atoms with Crippen molar-refractivity contribution in [2.75, 3.05) is 13.1 Å². The molecular formula is C39H55NO4. The molecule has 4 aliphatic carbocycles. The summed E-state index contributed by atoms with van der Waals surface area (Å²) in [5.74, 6) is 2.39. The van der Waals surface area contributed by atoms with Gasteiger partial charge in [-0.1, -0.05) is 75.3 Å². The summed E-state index contributed by atoms with van der Waals surface area (Å²) in [6.07, 6.45) is 33.7. The Morgan fingerprint density at radius 1 is 1.07 bits per heavy atom. The van der Waals surface area contributed by atoms with Gasteiger partial charge in [-0.3, -0.25) is 9.69 Å². The summed E-state index contributed by atoms with van der Waals surface area (Å²) in [5, 5.41) is 12.6. The van der Waals surface area contributed by atoms with Gasteiger partial charge in [0.05, 0.1) is 11.0 Å². The summed E-state index contributed by atoms with van der Waals surface area (Å²) in [7, 11) is 0. The summed E-state index contributed by atoms with van der Waals surface area (Å²) < 4.78 is 12.8. The second kappa shape index (κ2) is 14.0. The van der Waals surface area contributed by atoms with Crippen molar-refractivity contribution in [1.29, 1.82) is 0 Å². The van der Waals surface area contributed by atoms with E-state index >= 15 is 0 Å². The Morgan fingerprint density at radius 2 is 1.82 bits per heavy atom. The lowest BCUT2D eigenvalue weighted by Gasteiger charge is -2.66. The minimum absolute atomic E-state index is 0.0645. The van der Waals surface area contributed by atoms with Gasteiger partial charge in [0, 0.05) is 24.9 Å². The zero-order valence-electron chi connectivity index (χ0n) is 27.1. The van der Waals surface area contributed by atoms with Gasteiger partial charge < -0.3 is 14.6 Å². The lowest BCUT2D eigenvalue weighted by atomic mass is 9.44. The van der Waals surface area contributed by atoms with Gasteiger partial charge in [-0.05, 0) is 107 Å².